The molecule has 1 saturated heterocycles. The Labute approximate surface area is 185 Å². The molecule has 0 aliphatic carbocycles. The minimum absolute atomic E-state index is 0.0111. The van der Waals surface area contributed by atoms with Crippen molar-refractivity contribution >= 4 is 29.1 Å². The molecule has 0 bridgehead atoms. The Bertz CT molecular complexity index is 1000. The van der Waals surface area contributed by atoms with Gasteiger partial charge < -0.3 is 24.2 Å². The molecule has 0 radical (unpaired) electrons. The molecule has 1 N–H and O–H groups in total. The molecule has 8 heteroatoms. The van der Waals surface area contributed by atoms with Crippen molar-refractivity contribution in [3.8, 4) is 11.5 Å². The molecule has 1 atom stereocenters. The summed E-state index contributed by atoms with van der Waals surface area (Å²) in [5, 5.41) is 11.5. The van der Waals surface area contributed by atoms with Crippen LogP contribution in [0.25, 0.3) is 5.76 Å². The highest BCUT2D eigenvalue weighted by molar-refractivity contribution is 6.46. The van der Waals surface area contributed by atoms with Gasteiger partial charge in [0.1, 0.15) is 5.76 Å². The van der Waals surface area contributed by atoms with E-state index in [9.17, 15) is 14.7 Å². The quantitative estimate of drug-likeness (QED) is 0.288. The molecule has 3 rings (SSSR count). The largest absolute Gasteiger partial charge is 0.507 e. The smallest absolute Gasteiger partial charge is 0.295 e. The monoisotopic (exact) mass is 445 g/mol. The normalized spacial score (nSPS) is 17.8. The lowest BCUT2D eigenvalue weighted by Gasteiger charge is -2.26. The second-order valence-electron chi connectivity index (χ2n) is 6.96. The first-order valence-electron chi connectivity index (χ1n) is 9.68. The average Bonchev–Trinajstić information content (AvgIpc) is 3.03. The van der Waals surface area contributed by atoms with Gasteiger partial charge in [0.15, 0.2) is 11.5 Å². The molecule has 0 aromatic heterocycles. The van der Waals surface area contributed by atoms with E-state index in [1.165, 1.54) is 19.1 Å². The van der Waals surface area contributed by atoms with Crippen molar-refractivity contribution in [2.24, 2.45) is 0 Å². The summed E-state index contributed by atoms with van der Waals surface area (Å²) < 4.78 is 15.8. The summed E-state index contributed by atoms with van der Waals surface area (Å²) in [5.74, 6) is -0.714. The maximum atomic E-state index is 13.0. The van der Waals surface area contributed by atoms with Gasteiger partial charge in [-0.2, -0.15) is 0 Å². The molecule has 7 nitrogen and oxygen atoms in total. The number of benzene rings is 2. The third-order valence-electron chi connectivity index (χ3n) is 5.13. The third kappa shape index (κ3) is 4.52. The lowest BCUT2D eigenvalue weighted by atomic mass is 9.95. The Hall–Kier alpha value is -3.03. The molecule has 0 unspecified atom stereocenters. The minimum Gasteiger partial charge on any atom is -0.507 e. The van der Waals surface area contributed by atoms with Crippen LogP contribution in [0, 0.1) is 0 Å². The zero-order chi connectivity index (χ0) is 22.5. The molecule has 0 spiro atoms. The molecule has 31 heavy (non-hydrogen) atoms. The number of methoxy groups -OCH3 is 3. The van der Waals surface area contributed by atoms with Crippen LogP contribution in [-0.4, -0.2) is 56.2 Å². The highest BCUT2D eigenvalue weighted by atomic mass is 35.5. The average molecular weight is 446 g/mol. The van der Waals surface area contributed by atoms with Gasteiger partial charge in [0.25, 0.3) is 11.7 Å². The Morgan fingerprint density at radius 2 is 1.71 bits per heavy atom. The van der Waals surface area contributed by atoms with Crippen molar-refractivity contribution in [3.05, 3.63) is 64.2 Å². The van der Waals surface area contributed by atoms with Crippen molar-refractivity contribution in [1.29, 1.82) is 0 Å². The SMILES string of the molecule is COCCCN1C(=O)C(=O)C(=C(O)c2ccc(Cl)cc2)[C@H]1c1ccc(OC)c(OC)c1. The number of aliphatic hydroxyl groups is 1. The van der Waals surface area contributed by atoms with Gasteiger partial charge in [-0.3, -0.25) is 9.59 Å². The summed E-state index contributed by atoms with van der Waals surface area (Å²) >= 11 is 5.94. The lowest BCUT2D eigenvalue weighted by molar-refractivity contribution is -0.140. The summed E-state index contributed by atoms with van der Waals surface area (Å²) in [7, 11) is 4.60. The number of ketones is 1. The van der Waals surface area contributed by atoms with Crippen LogP contribution in [0.4, 0.5) is 0 Å². The first-order chi connectivity index (χ1) is 14.9. The first-order valence-corrected chi connectivity index (χ1v) is 10.1. The summed E-state index contributed by atoms with van der Waals surface area (Å²) in [6.45, 7) is 0.716. The Morgan fingerprint density at radius 3 is 2.32 bits per heavy atom. The molecule has 1 heterocycles. The van der Waals surface area contributed by atoms with Crippen LogP contribution >= 0.6 is 11.6 Å². The number of aliphatic hydroxyl groups excluding tert-OH is 1. The Kier molecular flexibility index (Phi) is 7.20. The molecular weight excluding hydrogens is 422 g/mol. The predicted octanol–water partition coefficient (Wildman–Crippen LogP) is 3.82. The second kappa shape index (κ2) is 9.85. The third-order valence-corrected chi connectivity index (χ3v) is 5.38. The zero-order valence-electron chi connectivity index (χ0n) is 17.6. The van der Waals surface area contributed by atoms with Gasteiger partial charge in [0, 0.05) is 30.8 Å². The molecule has 1 amide bonds. The van der Waals surface area contributed by atoms with E-state index in [1.807, 2.05) is 0 Å². The second-order valence-corrected chi connectivity index (χ2v) is 7.40. The standard InChI is InChI=1S/C23H24ClNO6/c1-29-12-4-11-25-20(15-7-10-17(30-2)18(13-15)31-3)19(22(27)23(25)28)21(26)14-5-8-16(24)9-6-14/h5-10,13,20,26H,4,11-12H2,1-3H3/t20-/m1/s1. The molecule has 1 aliphatic heterocycles. The van der Waals surface area contributed by atoms with Crippen LogP contribution < -0.4 is 9.47 Å². The van der Waals surface area contributed by atoms with Crippen molar-refractivity contribution in [1.82, 2.24) is 4.90 Å². The summed E-state index contributed by atoms with van der Waals surface area (Å²) in [6.07, 6.45) is 0.536. The number of hydrogen-bond donors (Lipinski definition) is 1. The first kappa shape index (κ1) is 22.7. The Balaban J connectivity index is 2.15. The number of likely N-dealkylation sites (tertiary alicyclic amines) is 1. The minimum atomic E-state index is -0.785. The molecule has 164 valence electrons. The maximum Gasteiger partial charge on any atom is 0.295 e. The maximum absolute atomic E-state index is 13.0. The molecule has 2 aromatic rings. The van der Waals surface area contributed by atoms with Crippen molar-refractivity contribution in [3.63, 3.8) is 0 Å². The molecule has 1 fully saturated rings. The Morgan fingerprint density at radius 1 is 1.03 bits per heavy atom. The van der Waals surface area contributed by atoms with Crippen LogP contribution in [-0.2, 0) is 14.3 Å². The van der Waals surface area contributed by atoms with Crippen molar-refractivity contribution in [2.75, 3.05) is 34.5 Å². The molecular formula is C23H24ClNO6. The fourth-order valence-corrected chi connectivity index (χ4v) is 3.75. The number of amides is 1. The van der Waals surface area contributed by atoms with E-state index in [0.29, 0.717) is 40.7 Å². The van der Waals surface area contributed by atoms with Gasteiger partial charge in [0.2, 0.25) is 0 Å². The fraction of sp³-hybridized carbons (Fsp3) is 0.304. The van der Waals surface area contributed by atoms with Crippen molar-refractivity contribution < 1.29 is 28.9 Å². The van der Waals surface area contributed by atoms with Gasteiger partial charge in [-0.1, -0.05) is 17.7 Å². The van der Waals surface area contributed by atoms with Crippen LogP contribution in [0.2, 0.25) is 5.02 Å². The highest BCUT2D eigenvalue weighted by Crippen LogP contribution is 2.42. The van der Waals surface area contributed by atoms with Crippen LogP contribution in [0.1, 0.15) is 23.6 Å². The number of rotatable bonds is 8. The summed E-state index contributed by atoms with van der Waals surface area (Å²) in [5.41, 5.74) is 1.02. The number of ether oxygens (including phenoxy) is 3. The van der Waals surface area contributed by atoms with Gasteiger partial charge in [-0.05, 0) is 48.4 Å². The van der Waals surface area contributed by atoms with E-state index < -0.39 is 17.7 Å². The number of carbonyl (C=O) groups excluding carboxylic acids is 2. The van der Waals surface area contributed by atoms with E-state index in [4.69, 9.17) is 25.8 Å². The zero-order valence-corrected chi connectivity index (χ0v) is 18.3. The van der Waals surface area contributed by atoms with E-state index in [2.05, 4.69) is 0 Å². The number of nitrogens with zero attached hydrogens (tertiary/aromatic N) is 1. The van der Waals surface area contributed by atoms with Gasteiger partial charge in [0.05, 0.1) is 25.8 Å². The highest BCUT2D eigenvalue weighted by Gasteiger charge is 2.46. The topological polar surface area (TPSA) is 85.3 Å². The van der Waals surface area contributed by atoms with Crippen LogP contribution in [0.15, 0.2) is 48.0 Å². The van der Waals surface area contributed by atoms with Crippen LogP contribution in [0.5, 0.6) is 11.5 Å². The van der Waals surface area contributed by atoms with Gasteiger partial charge in [-0.15, -0.1) is 0 Å². The molecule has 1 aliphatic rings. The van der Waals surface area contributed by atoms with E-state index in [1.54, 1.807) is 49.6 Å². The van der Waals surface area contributed by atoms with E-state index in [0.717, 1.165) is 0 Å². The number of carbonyl (C=O) groups is 2. The summed E-state index contributed by atoms with van der Waals surface area (Å²) in [4.78, 5) is 27.3. The number of Topliss-reactive ketones (excluding diaryl/α,β-unsaturated/α-hetero) is 1. The van der Waals surface area contributed by atoms with Gasteiger partial charge in [-0.25, -0.2) is 0 Å². The van der Waals surface area contributed by atoms with E-state index in [-0.39, 0.29) is 17.9 Å². The fourth-order valence-electron chi connectivity index (χ4n) is 3.62. The predicted molar refractivity (Wildman–Crippen MR) is 117 cm³/mol. The van der Waals surface area contributed by atoms with Gasteiger partial charge >= 0.3 is 0 Å². The summed E-state index contributed by atoms with van der Waals surface area (Å²) in [6, 6.07) is 10.8. The van der Waals surface area contributed by atoms with Crippen molar-refractivity contribution in [2.45, 2.75) is 12.5 Å². The number of halogens is 1. The van der Waals surface area contributed by atoms with E-state index >= 15 is 0 Å². The number of hydrogen-bond acceptors (Lipinski definition) is 6. The van der Waals surface area contributed by atoms with Crippen LogP contribution in [0.3, 0.4) is 0 Å². The molecule has 0 saturated carbocycles. The molecule has 2 aromatic carbocycles. The lowest BCUT2D eigenvalue weighted by Crippen LogP contribution is -2.31.